The van der Waals surface area contributed by atoms with Crippen LogP contribution in [0.3, 0.4) is 0 Å². The van der Waals surface area contributed by atoms with Gasteiger partial charge in [-0.1, -0.05) is 19.3 Å². The van der Waals surface area contributed by atoms with Crippen LogP contribution in [0.15, 0.2) is 4.99 Å². The lowest BCUT2D eigenvalue weighted by Crippen LogP contribution is -2.60. The second-order valence-corrected chi connectivity index (χ2v) is 8.60. The van der Waals surface area contributed by atoms with E-state index in [1.54, 1.807) is 0 Å². The molecule has 0 amide bonds. The molecule has 0 radical (unpaired) electrons. The standard InChI is InChI=1S/C22H41N7O2.HI/c1-4-30-14-8-11-23-21(24-17-20-27-26-19(2)28(20)3)25-18-22(9-6-5-7-10-22)29-12-15-31-16-13-29;/h4-18H2,1-3H3,(H2,23,24,25);1H. The predicted molar refractivity (Wildman–Crippen MR) is 138 cm³/mol. The molecule has 0 aromatic carbocycles. The van der Waals surface area contributed by atoms with E-state index in [4.69, 9.17) is 14.5 Å². The van der Waals surface area contributed by atoms with Gasteiger partial charge in [0.25, 0.3) is 0 Å². The number of aromatic nitrogens is 3. The van der Waals surface area contributed by atoms with E-state index >= 15 is 0 Å². The molecule has 32 heavy (non-hydrogen) atoms. The van der Waals surface area contributed by atoms with Crippen molar-refractivity contribution in [3.8, 4) is 0 Å². The predicted octanol–water partition coefficient (Wildman–Crippen LogP) is 2.24. The van der Waals surface area contributed by atoms with E-state index in [1.165, 1.54) is 32.1 Å². The zero-order valence-corrected chi connectivity index (χ0v) is 22.4. The lowest BCUT2D eigenvalue weighted by atomic mass is 9.80. The number of nitrogens with zero attached hydrogens (tertiary/aromatic N) is 5. The normalized spacial score (nSPS) is 19.4. The first-order chi connectivity index (χ1) is 15.1. The van der Waals surface area contributed by atoms with E-state index in [9.17, 15) is 0 Å². The van der Waals surface area contributed by atoms with Crippen LogP contribution in [0.2, 0.25) is 0 Å². The molecule has 0 unspecified atom stereocenters. The first-order valence-electron chi connectivity index (χ1n) is 11.9. The van der Waals surface area contributed by atoms with Gasteiger partial charge in [0, 0.05) is 52.0 Å². The maximum Gasteiger partial charge on any atom is 0.191 e. The van der Waals surface area contributed by atoms with Crippen LogP contribution in [-0.2, 0) is 23.1 Å². The fraction of sp³-hybridized carbons (Fsp3) is 0.864. The average molecular weight is 564 g/mol. The fourth-order valence-electron chi connectivity index (χ4n) is 4.54. The zero-order chi connectivity index (χ0) is 21.9. The summed E-state index contributed by atoms with van der Waals surface area (Å²) in [5, 5.41) is 15.6. The number of rotatable bonds is 10. The molecule has 1 aliphatic heterocycles. The maximum atomic E-state index is 5.62. The lowest BCUT2D eigenvalue weighted by Gasteiger charge is -2.48. The van der Waals surface area contributed by atoms with Crippen molar-refractivity contribution in [2.45, 2.75) is 64.5 Å². The quantitative estimate of drug-likeness (QED) is 0.195. The molecule has 1 saturated heterocycles. The zero-order valence-electron chi connectivity index (χ0n) is 20.1. The Hall–Kier alpha value is -0.980. The molecule has 0 atom stereocenters. The summed E-state index contributed by atoms with van der Waals surface area (Å²) >= 11 is 0. The van der Waals surface area contributed by atoms with Crippen molar-refractivity contribution in [2.75, 3.05) is 52.6 Å². The summed E-state index contributed by atoms with van der Waals surface area (Å²) in [6.07, 6.45) is 7.36. The van der Waals surface area contributed by atoms with E-state index in [2.05, 4.69) is 25.7 Å². The van der Waals surface area contributed by atoms with Crippen molar-refractivity contribution >= 4 is 29.9 Å². The molecule has 2 aliphatic rings. The van der Waals surface area contributed by atoms with Crippen LogP contribution in [-0.4, -0.2) is 83.8 Å². The van der Waals surface area contributed by atoms with Crippen LogP contribution in [0.1, 0.15) is 57.1 Å². The Morgan fingerprint density at radius 2 is 1.91 bits per heavy atom. The van der Waals surface area contributed by atoms with Gasteiger partial charge in [-0.05, 0) is 33.1 Å². The lowest BCUT2D eigenvalue weighted by molar-refractivity contribution is -0.0352. The molecule has 9 nitrogen and oxygen atoms in total. The van der Waals surface area contributed by atoms with E-state index in [1.807, 2.05) is 25.5 Å². The first-order valence-corrected chi connectivity index (χ1v) is 11.9. The molecular weight excluding hydrogens is 521 g/mol. The number of halogens is 1. The van der Waals surface area contributed by atoms with Gasteiger partial charge in [0.15, 0.2) is 11.8 Å². The van der Waals surface area contributed by atoms with E-state index in [0.29, 0.717) is 6.54 Å². The van der Waals surface area contributed by atoms with Gasteiger partial charge in [-0.2, -0.15) is 0 Å². The average Bonchev–Trinajstić information content (AvgIpc) is 3.13. The molecule has 1 saturated carbocycles. The Bertz CT molecular complexity index is 686. The Morgan fingerprint density at radius 3 is 2.56 bits per heavy atom. The number of nitrogens with one attached hydrogen (secondary N) is 2. The summed E-state index contributed by atoms with van der Waals surface area (Å²) in [7, 11) is 1.98. The molecule has 2 heterocycles. The van der Waals surface area contributed by atoms with Crippen LogP contribution in [0.5, 0.6) is 0 Å². The van der Waals surface area contributed by atoms with Crippen molar-refractivity contribution in [3.63, 3.8) is 0 Å². The summed E-state index contributed by atoms with van der Waals surface area (Å²) in [6, 6.07) is 0. The number of aliphatic imine (C=N–C) groups is 1. The van der Waals surface area contributed by atoms with E-state index in [-0.39, 0.29) is 29.5 Å². The minimum atomic E-state index is 0. The van der Waals surface area contributed by atoms with Gasteiger partial charge in [-0.25, -0.2) is 4.99 Å². The van der Waals surface area contributed by atoms with E-state index in [0.717, 1.165) is 76.6 Å². The minimum absolute atomic E-state index is 0. The highest BCUT2D eigenvalue weighted by atomic mass is 127. The van der Waals surface area contributed by atoms with Crippen molar-refractivity contribution in [1.82, 2.24) is 30.3 Å². The number of hydrogen-bond acceptors (Lipinski definition) is 6. The summed E-state index contributed by atoms with van der Waals surface area (Å²) in [4.78, 5) is 7.49. The molecule has 2 N–H and O–H groups in total. The number of ether oxygens (including phenoxy) is 2. The minimum Gasteiger partial charge on any atom is -0.382 e. The second-order valence-electron chi connectivity index (χ2n) is 8.60. The summed E-state index contributed by atoms with van der Waals surface area (Å²) in [5.74, 6) is 2.61. The SMILES string of the molecule is CCOCCCNC(=NCc1nnc(C)n1C)NCC1(N2CCOCC2)CCCCC1.I. The number of aryl methyl sites for hydroxylation is 1. The molecule has 1 aromatic heterocycles. The second kappa shape index (κ2) is 14.3. The Labute approximate surface area is 210 Å². The summed E-state index contributed by atoms with van der Waals surface area (Å²) < 4.78 is 13.1. The number of morpholine rings is 1. The molecule has 1 aromatic rings. The Kier molecular flexibility index (Phi) is 12.2. The first kappa shape index (κ1) is 27.3. The van der Waals surface area contributed by atoms with Crippen molar-refractivity contribution in [3.05, 3.63) is 11.6 Å². The van der Waals surface area contributed by atoms with Gasteiger partial charge in [0.1, 0.15) is 12.4 Å². The van der Waals surface area contributed by atoms with Gasteiger partial charge >= 0.3 is 0 Å². The van der Waals surface area contributed by atoms with Gasteiger partial charge in [-0.3, -0.25) is 4.90 Å². The Balaban J connectivity index is 0.00000363. The summed E-state index contributed by atoms with van der Waals surface area (Å²) in [5.41, 5.74) is 0.192. The van der Waals surface area contributed by atoms with Crippen molar-refractivity contribution in [2.24, 2.45) is 12.0 Å². The van der Waals surface area contributed by atoms with Gasteiger partial charge in [-0.15, -0.1) is 34.2 Å². The molecule has 1 aliphatic carbocycles. The maximum absolute atomic E-state index is 5.62. The van der Waals surface area contributed by atoms with Gasteiger partial charge in [0.2, 0.25) is 0 Å². The molecule has 0 spiro atoms. The number of hydrogen-bond donors (Lipinski definition) is 2. The van der Waals surface area contributed by atoms with Crippen molar-refractivity contribution < 1.29 is 9.47 Å². The topological polar surface area (TPSA) is 88.8 Å². The monoisotopic (exact) mass is 563 g/mol. The molecule has 2 fully saturated rings. The van der Waals surface area contributed by atoms with Crippen LogP contribution >= 0.6 is 24.0 Å². The molecular formula is C22H42IN7O2. The van der Waals surface area contributed by atoms with Gasteiger partial charge < -0.3 is 24.7 Å². The third-order valence-electron chi connectivity index (χ3n) is 6.57. The van der Waals surface area contributed by atoms with E-state index < -0.39 is 0 Å². The number of guanidine groups is 1. The highest BCUT2D eigenvalue weighted by Crippen LogP contribution is 2.33. The Morgan fingerprint density at radius 1 is 1.16 bits per heavy atom. The molecule has 0 bridgehead atoms. The highest BCUT2D eigenvalue weighted by Gasteiger charge is 2.38. The van der Waals surface area contributed by atoms with Crippen LogP contribution in [0.25, 0.3) is 0 Å². The molecule has 184 valence electrons. The largest absolute Gasteiger partial charge is 0.382 e. The summed E-state index contributed by atoms with van der Waals surface area (Å²) in [6.45, 7) is 11.5. The molecule has 10 heteroatoms. The highest BCUT2D eigenvalue weighted by molar-refractivity contribution is 14.0. The van der Waals surface area contributed by atoms with Crippen LogP contribution in [0, 0.1) is 6.92 Å². The smallest absolute Gasteiger partial charge is 0.191 e. The third-order valence-corrected chi connectivity index (χ3v) is 6.57. The van der Waals surface area contributed by atoms with Crippen LogP contribution in [0.4, 0.5) is 0 Å². The fourth-order valence-corrected chi connectivity index (χ4v) is 4.54. The van der Waals surface area contributed by atoms with Crippen LogP contribution < -0.4 is 10.6 Å². The molecule has 3 rings (SSSR count). The van der Waals surface area contributed by atoms with Gasteiger partial charge in [0.05, 0.1) is 13.2 Å². The third kappa shape index (κ3) is 7.81. The van der Waals surface area contributed by atoms with Crippen molar-refractivity contribution in [1.29, 1.82) is 0 Å².